The van der Waals surface area contributed by atoms with E-state index in [2.05, 4.69) is 21.3 Å². The number of ether oxygens (including phenoxy) is 1. The summed E-state index contributed by atoms with van der Waals surface area (Å²) in [7, 11) is 0. The molecule has 2 aliphatic carbocycles. The monoisotopic (exact) mass is 726 g/mol. The lowest BCUT2D eigenvalue weighted by molar-refractivity contribution is -0.134. The van der Waals surface area contributed by atoms with E-state index in [9.17, 15) is 28.7 Å². The van der Waals surface area contributed by atoms with E-state index in [1.54, 1.807) is 30.3 Å². The zero-order valence-corrected chi connectivity index (χ0v) is 30.7. The maximum Gasteiger partial charge on any atom is 0.408 e. The first kappa shape index (κ1) is 38.5. The minimum Gasteiger partial charge on any atom is -0.440 e. The number of nitrogens with one attached hydrogen (secondary N) is 4. The van der Waals surface area contributed by atoms with Gasteiger partial charge in [0, 0.05) is 27.9 Å². The van der Waals surface area contributed by atoms with Crippen LogP contribution in [0.15, 0.2) is 48.5 Å². The number of carbonyl (C=O) groups is 4. The first-order valence-corrected chi connectivity index (χ1v) is 18.6. The van der Waals surface area contributed by atoms with Gasteiger partial charge in [0.05, 0.1) is 6.04 Å². The molecule has 0 radical (unpaired) electrons. The van der Waals surface area contributed by atoms with E-state index in [0.717, 1.165) is 50.5 Å². The predicted octanol–water partition coefficient (Wildman–Crippen LogP) is 5.99. The van der Waals surface area contributed by atoms with Crippen molar-refractivity contribution in [3.05, 3.63) is 70.5 Å². The molecule has 2 saturated carbocycles. The van der Waals surface area contributed by atoms with E-state index < -0.39 is 64.9 Å². The second-order valence-corrected chi connectivity index (χ2v) is 16.3. The summed E-state index contributed by atoms with van der Waals surface area (Å²) in [4.78, 5) is 53.9. The molecule has 2 aromatic carbocycles. The lowest BCUT2D eigenvalue weighted by atomic mass is 9.76. The van der Waals surface area contributed by atoms with Crippen molar-refractivity contribution in [1.29, 1.82) is 0 Å². The molecule has 10 nitrogen and oxygen atoms in total. The Bertz CT molecular complexity index is 1580. The smallest absolute Gasteiger partial charge is 0.408 e. The van der Waals surface area contributed by atoms with E-state index in [4.69, 9.17) is 16.3 Å². The third-order valence-electron chi connectivity index (χ3n) is 10.5. The summed E-state index contributed by atoms with van der Waals surface area (Å²) in [6.07, 6.45) is 3.88. The predicted molar refractivity (Wildman–Crippen MR) is 192 cm³/mol. The van der Waals surface area contributed by atoms with Gasteiger partial charge in [-0.15, -0.1) is 0 Å². The molecule has 2 aromatic rings. The molecule has 5 rings (SSSR count). The standard InChI is InChI=1S/C39H52ClFN4O6/c1-38(2)22-25(34(47)45-38)20-30(32(46)36(49)42-29-16-17-29)43-35(48)31(18-23-10-6-5-7-11-23)44-37(50)51-33(24-12-8-15-28(41)19-24)39(3,4)26-13-9-14-27(40)21-26/h8-9,12-15,19,21,23,25,29-33,46H,5-7,10-11,16-18,20,22H2,1-4H3,(H,42,49)(H,43,48)(H,44,50)(H,45,47). The van der Waals surface area contributed by atoms with E-state index >= 15 is 0 Å². The zero-order chi connectivity index (χ0) is 36.9. The van der Waals surface area contributed by atoms with Crippen molar-refractivity contribution >= 4 is 35.4 Å². The average Bonchev–Trinajstić information content (AvgIpc) is 3.85. The van der Waals surface area contributed by atoms with Crippen LogP contribution in [0, 0.1) is 17.7 Å². The molecule has 1 saturated heterocycles. The Hall–Kier alpha value is -3.70. The molecule has 12 heteroatoms. The summed E-state index contributed by atoms with van der Waals surface area (Å²) in [6, 6.07) is 10.8. The first-order chi connectivity index (χ1) is 24.1. The molecule has 1 aliphatic heterocycles. The van der Waals surface area contributed by atoms with Crippen molar-refractivity contribution in [1.82, 2.24) is 21.3 Å². The van der Waals surface area contributed by atoms with Crippen LogP contribution >= 0.6 is 11.6 Å². The molecule has 0 bridgehead atoms. The van der Waals surface area contributed by atoms with Gasteiger partial charge in [0.25, 0.3) is 5.91 Å². The number of amides is 4. The molecular weight excluding hydrogens is 675 g/mol. The van der Waals surface area contributed by atoms with E-state index in [0.29, 0.717) is 23.4 Å². The van der Waals surface area contributed by atoms with Crippen molar-refractivity contribution in [2.75, 3.05) is 0 Å². The summed E-state index contributed by atoms with van der Waals surface area (Å²) in [5.74, 6) is -2.29. The van der Waals surface area contributed by atoms with Gasteiger partial charge in [-0.1, -0.05) is 81.8 Å². The van der Waals surface area contributed by atoms with Gasteiger partial charge in [0.2, 0.25) is 11.8 Å². The highest BCUT2D eigenvalue weighted by Gasteiger charge is 2.43. The summed E-state index contributed by atoms with van der Waals surface area (Å²) >= 11 is 6.33. The highest BCUT2D eigenvalue weighted by Crippen LogP contribution is 2.41. The van der Waals surface area contributed by atoms with Gasteiger partial charge < -0.3 is 31.1 Å². The lowest BCUT2D eigenvalue weighted by Gasteiger charge is -2.35. The van der Waals surface area contributed by atoms with Crippen LogP contribution in [0.5, 0.6) is 0 Å². The van der Waals surface area contributed by atoms with Crippen LogP contribution in [0.2, 0.25) is 5.02 Å². The Morgan fingerprint density at radius 1 is 1.00 bits per heavy atom. The number of aliphatic hydroxyl groups excluding tert-OH is 1. The van der Waals surface area contributed by atoms with E-state index in [1.807, 2.05) is 33.8 Å². The fraction of sp³-hybridized carbons (Fsp3) is 0.590. The van der Waals surface area contributed by atoms with Crippen LogP contribution in [-0.2, 0) is 24.5 Å². The molecule has 5 N–H and O–H groups in total. The third kappa shape index (κ3) is 10.4. The van der Waals surface area contributed by atoms with Crippen molar-refractivity contribution < 1.29 is 33.4 Å². The Morgan fingerprint density at radius 3 is 2.33 bits per heavy atom. The first-order valence-electron chi connectivity index (χ1n) is 18.2. The fourth-order valence-corrected chi connectivity index (χ4v) is 7.74. The number of alkyl carbamates (subject to hydrolysis) is 1. The normalized spacial score (nSPS) is 21.5. The van der Waals surface area contributed by atoms with E-state index in [-0.39, 0.29) is 24.3 Å². The molecule has 1 heterocycles. The Balaban J connectivity index is 1.39. The Kier molecular flexibility index (Phi) is 12.3. The maximum absolute atomic E-state index is 14.5. The van der Waals surface area contributed by atoms with Gasteiger partial charge in [-0.25, -0.2) is 9.18 Å². The number of hydrogen-bond acceptors (Lipinski definition) is 6. The zero-order valence-electron chi connectivity index (χ0n) is 30.0. The maximum atomic E-state index is 14.5. The molecule has 51 heavy (non-hydrogen) atoms. The molecule has 0 aromatic heterocycles. The van der Waals surface area contributed by atoms with Crippen molar-refractivity contribution in [2.45, 2.75) is 133 Å². The highest BCUT2D eigenvalue weighted by atomic mass is 35.5. The lowest BCUT2D eigenvalue weighted by Crippen LogP contribution is -2.57. The fourth-order valence-electron chi connectivity index (χ4n) is 7.55. The van der Waals surface area contributed by atoms with Gasteiger partial charge in [-0.2, -0.15) is 0 Å². The van der Waals surface area contributed by atoms with Crippen molar-refractivity contribution in [2.24, 2.45) is 11.8 Å². The minimum atomic E-state index is -1.61. The van der Waals surface area contributed by atoms with Gasteiger partial charge in [0.15, 0.2) is 6.10 Å². The molecule has 4 amide bonds. The molecule has 5 unspecified atom stereocenters. The number of halogens is 2. The number of hydrogen-bond donors (Lipinski definition) is 5. The quantitative estimate of drug-likeness (QED) is 0.162. The largest absolute Gasteiger partial charge is 0.440 e. The second-order valence-electron chi connectivity index (χ2n) is 15.9. The molecule has 0 spiro atoms. The van der Waals surface area contributed by atoms with Gasteiger partial charge in [-0.05, 0) is 87.3 Å². The number of aliphatic hydroxyl groups is 1. The van der Waals surface area contributed by atoms with Crippen LogP contribution in [0.1, 0.15) is 109 Å². The number of rotatable bonds is 14. The van der Waals surface area contributed by atoms with Crippen LogP contribution < -0.4 is 21.3 Å². The van der Waals surface area contributed by atoms with E-state index in [1.165, 1.54) is 12.1 Å². The molecule has 3 aliphatic rings. The second kappa shape index (κ2) is 16.3. The minimum absolute atomic E-state index is 0.0186. The van der Waals surface area contributed by atoms with Crippen LogP contribution in [0.3, 0.4) is 0 Å². The topological polar surface area (TPSA) is 146 Å². The average molecular weight is 727 g/mol. The van der Waals surface area contributed by atoms with Crippen molar-refractivity contribution in [3.8, 4) is 0 Å². The van der Waals surface area contributed by atoms with Crippen LogP contribution in [-0.4, -0.2) is 58.7 Å². The molecule has 278 valence electrons. The molecular formula is C39H52ClFN4O6. The number of carbonyl (C=O) groups excluding carboxylic acids is 4. The SMILES string of the molecule is CC1(C)CC(CC(NC(=O)C(CC2CCCCC2)NC(=O)OC(c2cccc(F)c2)C(C)(C)c2cccc(Cl)c2)C(O)C(=O)NC2CC2)C(=O)N1. The summed E-state index contributed by atoms with van der Waals surface area (Å²) in [6.45, 7) is 7.53. The molecule has 5 atom stereocenters. The summed E-state index contributed by atoms with van der Waals surface area (Å²) in [5.41, 5.74) is -0.166. The van der Waals surface area contributed by atoms with Crippen molar-refractivity contribution in [3.63, 3.8) is 0 Å². The molecule has 3 fully saturated rings. The van der Waals surface area contributed by atoms with Gasteiger partial charge in [-0.3, -0.25) is 14.4 Å². The Labute approximate surface area is 305 Å². The Morgan fingerprint density at radius 2 is 1.71 bits per heavy atom. The van der Waals surface area contributed by atoms with Crippen LogP contribution in [0.4, 0.5) is 9.18 Å². The summed E-state index contributed by atoms with van der Waals surface area (Å²) in [5, 5.41) is 23.1. The van der Waals surface area contributed by atoms with Gasteiger partial charge in [0.1, 0.15) is 18.0 Å². The third-order valence-corrected chi connectivity index (χ3v) is 10.8. The van der Waals surface area contributed by atoms with Crippen LogP contribution in [0.25, 0.3) is 0 Å². The summed E-state index contributed by atoms with van der Waals surface area (Å²) < 4.78 is 20.6. The highest BCUT2D eigenvalue weighted by molar-refractivity contribution is 6.30. The van der Waals surface area contributed by atoms with Gasteiger partial charge >= 0.3 is 6.09 Å². The number of benzene rings is 2.